The van der Waals surface area contributed by atoms with Crippen LogP contribution in [0.2, 0.25) is 0 Å². The van der Waals surface area contributed by atoms with Crippen molar-refractivity contribution in [2.45, 2.75) is 65.2 Å². The minimum absolute atomic E-state index is 0.318. The highest BCUT2D eigenvalue weighted by molar-refractivity contribution is 5.82. The summed E-state index contributed by atoms with van der Waals surface area (Å²) in [5.74, 6) is -0.418. The molecule has 0 aromatic heterocycles. The first-order chi connectivity index (χ1) is 9.49. The van der Waals surface area contributed by atoms with Crippen molar-refractivity contribution in [2.24, 2.45) is 0 Å². The van der Waals surface area contributed by atoms with E-state index < -0.39 is 29.3 Å². The molecule has 0 saturated carbocycles. The predicted molar refractivity (Wildman–Crippen MR) is 78.0 cm³/mol. The molecule has 0 N–H and O–H groups in total. The van der Waals surface area contributed by atoms with Gasteiger partial charge in [-0.15, -0.1) is 0 Å². The smallest absolute Gasteiger partial charge is 0.411 e. The van der Waals surface area contributed by atoms with E-state index in [0.29, 0.717) is 26.2 Å². The predicted octanol–water partition coefficient (Wildman–Crippen LogP) is 2.35. The number of hydrogen-bond acceptors (Lipinski definition) is 5. The fourth-order valence-electron chi connectivity index (χ4n) is 1.93. The Morgan fingerprint density at radius 1 is 1.00 bits per heavy atom. The number of hydrogen-bond donors (Lipinski definition) is 0. The maximum absolute atomic E-state index is 12.3. The van der Waals surface area contributed by atoms with Crippen molar-refractivity contribution >= 4 is 12.1 Å². The van der Waals surface area contributed by atoms with Gasteiger partial charge in [-0.1, -0.05) is 0 Å². The summed E-state index contributed by atoms with van der Waals surface area (Å²) in [5.41, 5.74) is -1.20. The lowest BCUT2D eigenvalue weighted by Crippen LogP contribution is -2.49. The van der Waals surface area contributed by atoms with E-state index >= 15 is 0 Å². The molecule has 6 nitrogen and oxygen atoms in total. The summed E-state index contributed by atoms with van der Waals surface area (Å²) in [5, 5.41) is 0. The van der Waals surface area contributed by atoms with Crippen LogP contribution in [-0.2, 0) is 19.0 Å². The molecule has 1 rings (SSSR count). The molecule has 6 heteroatoms. The van der Waals surface area contributed by atoms with Gasteiger partial charge in [-0.05, 0) is 41.5 Å². The Kier molecular flexibility index (Phi) is 5.61. The Morgan fingerprint density at radius 2 is 1.57 bits per heavy atom. The van der Waals surface area contributed by atoms with Gasteiger partial charge in [0.2, 0.25) is 0 Å². The van der Waals surface area contributed by atoms with Gasteiger partial charge in [-0.25, -0.2) is 9.59 Å². The Balaban J connectivity index is 2.85. The van der Waals surface area contributed by atoms with Crippen molar-refractivity contribution < 1.29 is 23.8 Å². The first-order valence-corrected chi connectivity index (χ1v) is 7.30. The maximum Gasteiger partial charge on any atom is 0.411 e. The van der Waals surface area contributed by atoms with Gasteiger partial charge in [0.25, 0.3) is 0 Å². The lowest BCUT2D eigenvalue weighted by atomic mass is 10.1. The summed E-state index contributed by atoms with van der Waals surface area (Å²) < 4.78 is 16.1. The van der Waals surface area contributed by atoms with Crippen molar-refractivity contribution in [3.05, 3.63) is 0 Å². The van der Waals surface area contributed by atoms with Gasteiger partial charge in [-0.3, -0.25) is 4.90 Å². The Labute approximate surface area is 126 Å². The summed E-state index contributed by atoms with van der Waals surface area (Å²) in [6, 6.07) is -0.665. The third-order valence-corrected chi connectivity index (χ3v) is 2.70. The first-order valence-electron chi connectivity index (χ1n) is 7.30. The van der Waals surface area contributed by atoms with Crippen molar-refractivity contribution in [2.75, 3.05) is 19.8 Å². The second-order valence-electron chi connectivity index (χ2n) is 7.12. The van der Waals surface area contributed by atoms with Crippen molar-refractivity contribution in [3.63, 3.8) is 0 Å². The number of esters is 1. The topological polar surface area (TPSA) is 65.1 Å². The van der Waals surface area contributed by atoms with E-state index in [9.17, 15) is 9.59 Å². The Hall–Kier alpha value is -1.30. The number of amides is 1. The monoisotopic (exact) mass is 301 g/mol. The van der Waals surface area contributed by atoms with Crippen LogP contribution in [0.4, 0.5) is 4.79 Å². The number of rotatable bonds is 1. The zero-order chi connectivity index (χ0) is 16.3. The fourth-order valence-corrected chi connectivity index (χ4v) is 1.93. The summed E-state index contributed by atoms with van der Waals surface area (Å²) in [6.45, 7) is 11.9. The molecule has 1 fully saturated rings. The molecule has 1 unspecified atom stereocenters. The van der Waals surface area contributed by atoms with Gasteiger partial charge in [0.05, 0.1) is 6.61 Å². The molecule has 0 bridgehead atoms. The molecular weight excluding hydrogens is 274 g/mol. The standard InChI is InChI=1S/C15H27NO5/c1-14(2,3)20-12(17)11-7-9-19-10-8-16(11)13(18)21-15(4,5)6/h11H,7-10H2,1-6H3. The lowest BCUT2D eigenvalue weighted by Gasteiger charge is -2.32. The van der Waals surface area contributed by atoms with Crippen LogP contribution in [0, 0.1) is 0 Å². The molecule has 1 aliphatic rings. The molecule has 1 amide bonds. The van der Waals surface area contributed by atoms with Gasteiger partial charge in [-0.2, -0.15) is 0 Å². The second kappa shape index (κ2) is 6.64. The zero-order valence-corrected chi connectivity index (χ0v) is 13.9. The number of ether oxygens (including phenoxy) is 3. The van der Waals surface area contributed by atoms with Crippen LogP contribution >= 0.6 is 0 Å². The third kappa shape index (κ3) is 6.33. The van der Waals surface area contributed by atoms with Crippen LogP contribution in [0.1, 0.15) is 48.0 Å². The summed E-state index contributed by atoms with van der Waals surface area (Å²) >= 11 is 0. The zero-order valence-electron chi connectivity index (χ0n) is 13.9. The first kappa shape index (κ1) is 17.8. The second-order valence-corrected chi connectivity index (χ2v) is 7.12. The van der Waals surface area contributed by atoms with E-state index in [4.69, 9.17) is 14.2 Å². The summed E-state index contributed by atoms with van der Waals surface area (Å²) in [4.78, 5) is 26.0. The van der Waals surface area contributed by atoms with Gasteiger partial charge in [0.15, 0.2) is 0 Å². The highest BCUT2D eigenvalue weighted by Gasteiger charge is 2.36. The fraction of sp³-hybridized carbons (Fsp3) is 0.867. The largest absolute Gasteiger partial charge is 0.458 e. The van der Waals surface area contributed by atoms with E-state index in [-0.39, 0.29) is 0 Å². The van der Waals surface area contributed by atoms with E-state index in [2.05, 4.69) is 0 Å². The molecule has 1 aliphatic heterocycles. The Bertz CT molecular complexity index is 345. The van der Waals surface area contributed by atoms with Gasteiger partial charge >= 0.3 is 12.1 Å². The summed E-state index contributed by atoms with van der Waals surface area (Å²) in [7, 11) is 0. The van der Waals surface area contributed by atoms with Crippen molar-refractivity contribution in [3.8, 4) is 0 Å². The van der Waals surface area contributed by atoms with Gasteiger partial charge in [0, 0.05) is 19.6 Å². The summed E-state index contributed by atoms with van der Waals surface area (Å²) in [6.07, 6.45) is -0.0994. The average Bonchev–Trinajstić information content (AvgIpc) is 2.48. The number of nitrogens with zero attached hydrogens (tertiary/aromatic N) is 1. The minimum atomic E-state index is -0.665. The SMILES string of the molecule is CC(C)(C)OC(=O)C1CCOCCN1C(=O)OC(C)(C)C. The highest BCUT2D eigenvalue weighted by Crippen LogP contribution is 2.19. The van der Waals surface area contributed by atoms with Crippen molar-refractivity contribution in [1.82, 2.24) is 4.90 Å². The highest BCUT2D eigenvalue weighted by atomic mass is 16.6. The molecule has 21 heavy (non-hydrogen) atoms. The van der Waals surface area contributed by atoms with Crippen LogP contribution in [-0.4, -0.2) is 54.0 Å². The average molecular weight is 301 g/mol. The van der Waals surface area contributed by atoms with E-state index in [1.165, 1.54) is 4.90 Å². The molecule has 0 radical (unpaired) electrons. The molecule has 1 heterocycles. The van der Waals surface area contributed by atoms with Gasteiger partial charge in [0.1, 0.15) is 17.2 Å². The van der Waals surface area contributed by atoms with Crippen LogP contribution in [0.25, 0.3) is 0 Å². The van der Waals surface area contributed by atoms with E-state index in [1.807, 2.05) is 0 Å². The lowest BCUT2D eigenvalue weighted by molar-refractivity contribution is -0.161. The maximum atomic E-state index is 12.3. The quantitative estimate of drug-likeness (QED) is 0.696. The van der Waals surface area contributed by atoms with Crippen LogP contribution in [0.5, 0.6) is 0 Å². The van der Waals surface area contributed by atoms with E-state index in [0.717, 1.165) is 0 Å². The molecule has 1 atom stereocenters. The molecule has 0 aromatic carbocycles. The number of carbonyl (C=O) groups is 2. The third-order valence-electron chi connectivity index (χ3n) is 2.70. The molecular formula is C15H27NO5. The molecule has 122 valence electrons. The molecule has 0 aliphatic carbocycles. The van der Waals surface area contributed by atoms with Crippen molar-refractivity contribution in [1.29, 1.82) is 0 Å². The molecule has 0 aromatic rings. The molecule has 0 spiro atoms. The normalized spacial score (nSPS) is 20.7. The molecule has 1 saturated heterocycles. The van der Waals surface area contributed by atoms with Crippen LogP contribution in [0.3, 0.4) is 0 Å². The number of carbonyl (C=O) groups excluding carboxylic acids is 2. The van der Waals surface area contributed by atoms with Gasteiger partial charge < -0.3 is 14.2 Å². The minimum Gasteiger partial charge on any atom is -0.458 e. The Morgan fingerprint density at radius 3 is 2.10 bits per heavy atom. The van der Waals surface area contributed by atoms with E-state index in [1.54, 1.807) is 41.5 Å². The van der Waals surface area contributed by atoms with Crippen LogP contribution in [0.15, 0.2) is 0 Å². The van der Waals surface area contributed by atoms with Crippen LogP contribution < -0.4 is 0 Å².